The molecule has 5 nitrogen and oxygen atoms in total. The number of rotatable bonds is 0. The molecular weight excluding hydrogens is 156 g/mol. The van der Waals surface area contributed by atoms with Gasteiger partial charge in [0.2, 0.25) is 0 Å². The van der Waals surface area contributed by atoms with Crippen molar-refractivity contribution in [2.24, 2.45) is 0 Å². The Morgan fingerprint density at radius 2 is 2.33 bits per heavy atom. The Labute approximate surface area is 76.7 Å². The molecule has 2 aromatic heterocycles. The zero-order chi connectivity index (χ0) is 13.6. The predicted molar refractivity (Wildman–Crippen MR) is 40.6 cm³/mol. The van der Waals surface area contributed by atoms with Crippen molar-refractivity contribution < 1.29 is 13.0 Å². The SMILES string of the molecule is [2H]c1nn(C(=O)n2c([2H])nc([2H])c2[2H])c([2H])c1[2H]. The maximum Gasteiger partial charge on any atom is 0.354 e. The Kier molecular flexibility index (Phi) is 0.621. The summed E-state index contributed by atoms with van der Waals surface area (Å²) in [6.07, 6.45) is -2.98. The molecule has 0 atom stereocenters. The van der Waals surface area contributed by atoms with Crippen molar-refractivity contribution in [3.8, 4) is 0 Å². The first-order chi connectivity index (χ1) is 8.34. The molecule has 5 heteroatoms. The Bertz CT molecular complexity index is 647. The van der Waals surface area contributed by atoms with Crippen LogP contribution in [0, 0.1) is 0 Å². The number of hydrogen-bond acceptors (Lipinski definition) is 3. The van der Waals surface area contributed by atoms with E-state index in [0.717, 1.165) is 0 Å². The number of carbonyl (C=O) groups is 1. The molecule has 60 valence electrons. The summed E-state index contributed by atoms with van der Waals surface area (Å²) >= 11 is 0. The highest BCUT2D eigenvalue weighted by Crippen LogP contribution is 1.91. The zero-order valence-corrected chi connectivity index (χ0v) is 5.70. The van der Waals surface area contributed by atoms with E-state index in [1.807, 2.05) is 0 Å². The summed E-state index contributed by atoms with van der Waals surface area (Å²) in [5.41, 5.74) is 0. The van der Waals surface area contributed by atoms with Crippen molar-refractivity contribution in [2.45, 2.75) is 0 Å². The molecule has 0 N–H and O–H groups in total. The van der Waals surface area contributed by atoms with E-state index in [-0.39, 0.29) is 0 Å². The van der Waals surface area contributed by atoms with Crippen LogP contribution in [0.2, 0.25) is 0 Å². The number of aromatic nitrogens is 4. The van der Waals surface area contributed by atoms with Gasteiger partial charge in [-0.1, -0.05) is 0 Å². The second kappa shape index (κ2) is 2.61. The number of carbonyl (C=O) groups excluding carboxylic acids is 1. The summed E-state index contributed by atoms with van der Waals surface area (Å²) in [7, 11) is 0. The maximum atomic E-state index is 11.9. The topological polar surface area (TPSA) is 52.7 Å². The summed E-state index contributed by atoms with van der Waals surface area (Å²) < 4.78 is 44.7. The minimum atomic E-state index is -1.09. The molecule has 0 aliphatic carbocycles. The van der Waals surface area contributed by atoms with Crippen LogP contribution in [0.3, 0.4) is 0 Å². The smallest absolute Gasteiger partial charge is 0.256 e. The van der Waals surface area contributed by atoms with Gasteiger partial charge in [-0.05, 0) is 6.04 Å². The normalized spacial score (nSPS) is 17.0. The molecule has 0 saturated heterocycles. The van der Waals surface area contributed by atoms with Gasteiger partial charge in [-0.3, -0.25) is 4.57 Å². The molecule has 2 rings (SSSR count). The molecular formula is C7H6N4O. The fraction of sp³-hybridized carbons (Fsp3) is 0. The summed E-state index contributed by atoms with van der Waals surface area (Å²) in [6, 6.07) is -1.62. The van der Waals surface area contributed by atoms with E-state index >= 15 is 0 Å². The van der Waals surface area contributed by atoms with E-state index in [0.29, 0.717) is 9.25 Å². The molecule has 2 aromatic rings. The van der Waals surface area contributed by atoms with Crippen LogP contribution in [0.25, 0.3) is 0 Å². The second-order valence-electron chi connectivity index (χ2n) is 1.81. The van der Waals surface area contributed by atoms with E-state index in [1.165, 1.54) is 0 Å². The molecule has 0 aliphatic rings. The van der Waals surface area contributed by atoms with Gasteiger partial charge in [0.25, 0.3) is 0 Å². The Morgan fingerprint density at radius 1 is 1.42 bits per heavy atom. The Morgan fingerprint density at radius 3 is 2.92 bits per heavy atom. The van der Waals surface area contributed by atoms with Gasteiger partial charge in [0.15, 0.2) is 0 Å². The lowest BCUT2D eigenvalue weighted by atomic mass is 10.7. The molecule has 0 saturated carbocycles. The van der Waals surface area contributed by atoms with Gasteiger partial charge in [0.05, 0.1) is 6.85 Å². The minimum absolute atomic E-state index is 0.419. The fourth-order valence-corrected chi connectivity index (χ4v) is 0.629. The van der Waals surface area contributed by atoms with Gasteiger partial charge in [-0.2, -0.15) is 9.78 Å². The lowest BCUT2D eigenvalue weighted by molar-refractivity contribution is 0.241. The second-order valence-corrected chi connectivity index (χ2v) is 1.81. The lowest BCUT2D eigenvalue weighted by Crippen LogP contribution is -2.17. The van der Waals surface area contributed by atoms with Gasteiger partial charge in [0, 0.05) is 24.7 Å². The molecule has 0 fully saturated rings. The number of hydrogen-bond donors (Lipinski definition) is 0. The fourth-order valence-electron chi connectivity index (χ4n) is 0.629. The van der Waals surface area contributed by atoms with Crippen molar-refractivity contribution in [1.82, 2.24) is 19.3 Å². The summed E-state index contributed by atoms with van der Waals surface area (Å²) in [5.74, 6) is 0. The number of imidazole rings is 1. The summed E-state index contributed by atoms with van der Waals surface area (Å²) in [5, 5.41) is 3.36. The van der Waals surface area contributed by atoms with E-state index in [1.54, 1.807) is 0 Å². The minimum Gasteiger partial charge on any atom is -0.256 e. The van der Waals surface area contributed by atoms with Crippen molar-refractivity contribution in [3.63, 3.8) is 0 Å². The third-order valence-electron chi connectivity index (χ3n) is 1.11. The van der Waals surface area contributed by atoms with Gasteiger partial charge in [-0.25, -0.2) is 9.78 Å². The van der Waals surface area contributed by atoms with Crippen molar-refractivity contribution >= 4 is 6.03 Å². The van der Waals surface area contributed by atoms with Gasteiger partial charge in [0.1, 0.15) is 7.67 Å². The molecule has 0 amide bonds. The molecule has 0 radical (unpaired) electrons. The average molecular weight is 168 g/mol. The highest BCUT2D eigenvalue weighted by molar-refractivity contribution is 5.77. The Balaban J connectivity index is 2.58. The van der Waals surface area contributed by atoms with Crippen molar-refractivity contribution in [3.05, 3.63) is 37.0 Å². The first-order valence-corrected chi connectivity index (χ1v) is 2.94. The van der Waals surface area contributed by atoms with Gasteiger partial charge < -0.3 is 0 Å². The molecule has 12 heavy (non-hydrogen) atoms. The monoisotopic (exact) mass is 168 g/mol. The Hall–Kier alpha value is -1.91. The van der Waals surface area contributed by atoms with Crippen LogP contribution in [0.15, 0.2) is 37.0 Å². The summed E-state index contributed by atoms with van der Waals surface area (Å²) in [6.45, 7) is 0. The predicted octanol–water partition coefficient (Wildman–Crippen LogP) is 0.596. The van der Waals surface area contributed by atoms with Gasteiger partial charge in [-0.15, -0.1) is 0 Å². The van der Waals surface area contributed by atoms with Crippen LogP contribution < -0.4 is 0 Å². The molecule has 0 aliphatic heterocycles. The highest BCUT2D eigenvalue weighted by atomic mass is 16.2. The zero-order valence-electron chi connectivity index (χ0n) is 11.7. The summed E-state index contributed by atoms with van der Waals surface area (Å²) in [4.78, 5) is 15.2. The molecule has 2 heterocycles. The van der Waals surface area contributed by atoms with E-state index in [2.05, 4.69) is 10.1 Å². The van der Waals surface area contributed by atoms with Crippen LogP contribution >= 0.6 is 0 Å². The first kappa shape index (κ1) is 2.85. The van der Waals surface area contributed by atoms with Crippen LogP contribution in [0.5, 0.6) is 0 Å². The van der Waals surface area contributed by atoms with Crippen molar-refractivity contribution in [2.75, 3.05) is 0 Å². The largest absolute Gasteiger partial charge is 0.354 e. The highest BCUT2D eigenvalue weighted by Gasteiger charge is 2.04. The quantitative estimate of drug-likeness (QED) is 0.578. The lowest BCUT2D eigenvalue weighted by Gasteiger charge is -1.97. The average Bonchev–Trinajstić information content (AvgIpc) is 2.70. The third-order valence-corrected chi connectivity index (χ3v) is 1.11. The molecule has 0 aromatic carbocycles. The van der Waals surface area contributed by atoms with Gasteiger partial charge >= 0.3 is 6.03 Å². The molecule has 0 spiro atoms. The van der Waals surface area contributed by atoms with Crippen molar-refractivity contribution in [1.29, 1.82) is 0 Å². The maximum absolute atomic E-state index is 11.9. The first-order valence-electron chi connectivity index (χ1n) is 5.94. The third kappa shape index (κ3) is 1.01. The van der Waals surface area contributed by atoms with Crippen LogP contribution in [0.1, 0.15) is 8.22 Å². The molecule has 0 bridgehead atoms. The van der Waals surface area contributed by atoms with Crippen LogP contribution in [0.4, 0.5) is 4.79 Å². The van der Waals surface area contributed by atoms with Crippen LogP contribution in [-0.2, 0) is 0 Å². The number of nitrogens with zero attached hydrogens (tertiary/aromatic N) is 4. The van der Waals surface area contributed by atoms with E-state index < -0.39 is 43.1 Å². The van der Waals surface area contributed by atoms with Crippen LogP contribution in [-0.4, -0.2) is 25.4 Å². The van der Waals surface area contributed by atoms with E-state index in [9.17, 15) is 4.79 Å². The van der Waals surface area contributed by atoms with E-state index in [4.69, 9.17) is 8.22 Å². The molecule has 0 unspecified atom stereocenters. The standard InChI is InChI=1S/C7H6N4O/c12-7(10-5-3-8-6-10)11-4-1-2-9-11/h1-6H/i1D,2D,3D,4D,5D,6D.